The van der Waals surface area contributed by atoms with Crippen molar-refractivity contribution < 1.29 is 33.6 Å². The number of halogens is 1. The summed E-state index contributed by atoms with van der Waals surface area (Å²) in [7, 11) is 0. The van der Waals surface area contributed by atoms with Gasteiger partial charge in [-0.15, -0.1) is 0 Å². The fraction of sp³-hybridized carbons (Fsp3) is 0.231. The first-order valence-corrected chi connectivity index (χ1v) is 11.1. The van der Waals surface area contributed by atoms with E-state index in [1.54, 1.807) is 51.4 Å². The Morgan fingerprint density at radius 1 is 1.23 bits per heavy atom. The minimum absolute atomic E-state index is 0.0268. The molecule has 1 aliphatic rings. The summed E-state index contributed by atoms with van der Waals surface area (Å²) < 4.78 is 19.2. The van der Waals surface area contributed by atoms with Gasteiger partial charge in [-0.2, -0.15) is 0 Å². The van der Waals surface area contributed by atoms with Gasteiger partial charge in [-0.1, -0.05) is 17.9 Å². The number of hydrogen-bond acceptors (Lipinski definition) is 5. The lowest BCUT2D eigenvalue weighted by Gasteiger charge is -2.27. The van der Waals surface area contributed by atoms with Crippen molar-refractivity contribution in [3.05, 3.63) is 93.8 Å². The molecule has 0 bridgehead atoms. The summed E-state index contributed by atoms with van der Waals surface area (Å²) in [6, 6.07) is 7.88. The topological polar surface area (TPSA) is 117 Å². The van der Waals surface area contributed by atoms with Crippen LogP contribution in [0.3, 0.4) is 0 Å². The van der Waals surface area contributed by atoms with Crippen molar-refractivity contribution in [2.75, 3.05) is 6.61 Å². The molecule has 1 atom stereocenters. The number of ether oxygens (including phenoxy) is 1. The maximum atomic E-state index is 14.2. The number of hydrogen-bond donors (Lipinski definition) is 1. The number of nitrogens with one attached hydrogen (secondary N) is 2. The Morgan fingerprint density at radius 3 is 2.66 bits per heavy atom. The highest BCUT2D eigenvalue weighted by atomic mass is 19.1. The molecule has 0 spiro atoms. The van der Waals surface area contributed by atoms with E-state index < -0.39 is 35.3 Å². The SMILES string of the molecule is CCOC(=O)c1[nH]c(C)c(C([O-])=C2C(=O)C(=O)N(Cc3ccc[nH+]c3)C2c2cccc(F)c2)c1C. The Labute approximate surface area is 201 Å². The van der Waals surface area contributed by atoms with Crippen LogP contribution >= 0.6 is 0 Å². The van der Waals surface area contributed by atoms with E-state index in [2.05, 4.69) is 9.97 Å². The minimum Gasteiger partial charge on any atom is -0.872 e. The van der Waals surface area contributed by atoms with E-state index in [-0.39, 0.29) is 30.0 Å². The molecule has 1 fully saturated rings. The Balaban J connectivity index is 1.90. The molecule has 1 unspecified atom stereocenters. The van der Waals surface area contributed by atoms with Crippen LogP contribution in [-0.2, 0) is 20.9 Å². The normalized spacial score (nSPS) is 17.1. The average Bonchev–Trinajstić information content (AvgIpc) is 3.27. The number of likely N-dealkylation sites (tertiary alicyclic amines) is 1. The predicted molar refractivity (Wildman–Crippen MR) is 121 cm³/mol. The van der Waals surface area contributed by atoms with Crippen LogP contribution in [0.25, 0.3) is 5.76 Å². The van der Waals surface area contributed by atoms with Crippen LogP contribution in [0, 0.1) is 19.7 Å². The number of aryl methyl sites for hydroxylation is 1. The third-order valence-electron chi connectivity index (χ3n) is 5.96. The number of amides is 1. The molecule has 1 saturated heterocycles. The number of nitrogens with zero attached hydrogens (tertiary/aromatic N) is 1. The molecule has 2 aromatic heterocycles. The molecule has 1 aromatic carbocycles. The van der Waals surface area contributed by atoms with Crippen molar-refractivity contribution >= 4 is 23.4 Å². The van der Waals surface area contributed by atoms with Gasteiger partial charge in [-0.3, -0.25) is 9.59 Å². The molecule has 3 heterocycles. The lowest BCUT2D eigenvalue weighted by atomic mass is 9.94. The number of H-pyrrole nitrogens is 2. The highest BCUT2D eigenvalue weighted by Gasteiger charge is 2.44. The molecule has 35 heavy (non-hydrogen) atoms. The first-order chi connectivity index (χ1) is 16.7. The lowest BCUT2D eigenvalue weighted by molar-refractivity contribution is -0.378. The van der Waals surface area contributed by atoms with E-state index in [4.69, 9.17) is 4.74 Å². The summed E-state index contributed by atoms with van der Waals surface area (Å²) in [6.07, 6.45) is 3.37. The summed E-state index contributed by atoms with van der Waals surface area (Å²) in [4.78, 5) is 45.7. The molecule has 2 N–H and O–H groups in total. The van der Waals surface area contributed by atoms with Crippen LogP contribution in [0.5, 0.6) is 0 Å². The van der Waals surface area contributed by atoms with Crippen molar-refractivity contribution in [3.8, 4) is 0 Å². The summed E-state index contributed by atoms with van der Waals surface area (Å²) >= 11 is 0. The summed E-state index contributed by atoms with van der Waals surface area (Å²) in [5.74, 6) is -3.70. The second-order valence-electron chi connectivity index (χ2n) is 8.22. The second-order valence-corrected chi connectivity index (χ2v) is 8.22. The van der Waals surface area contributed by atoms with Crippen LogP contribution in [0.4, 0.5) is 4.39 Å². The van der Waals surface area contributed by atoms with Crippen LogP contribution < -0.4 is 10.1 Å². The Morgan fingerprint density at radius 2 is 2.00 bits per heavy atom. The highest BCUT2D eigenvalue weighted by molar-refractivity contribution is 6.46. The first-order valence-electron chi connectivity index (χ1n) is 11.1. The zero-order valence-corrected chi connectivity index (χ0v) is 19.5. The van der Waals surface area contributed by atoms with Gasteiger partial charge in [0.05, 0.1) is 19.2 Å². The molecular formula is C26H24FN3O5. The molecule has 9 heteroatoms. The van der Waals surface area contributed by atoms with Crippen LogP contribution in [0.2, 0.25) is 0 Å². The number of benzene rings is 1. The average molecular weight is 477 g/mol. The fourth-order valence-electron chi connectivity index (χ4n) is 4.41. The number of pyridine rings is 1. The first kappa shape index (κ1) is 23.9. The largest absolute Gasteiger partial charge is 0.872 e. The van der Waals surface area contributed by atoms with Gasteiger partial charge in [0.15, 0.2) is 12.4 Å². The molecule has 180 valence electrons. The minimum atomic E-state index is -1.10. The Bertz CT molecular complexity index is 1350. The molecule has 3 aromatic rings. The van der Waals surface area contributed by atoms with E-state index in [0.29, 0.717) is 22.4 Å². The molecule has 4 rings (SSSR count). The van der Waals surface area contributed by atoms with Crippen LogP contribution in [0.1, 0.15) is 51.4 Å². The zero-order valence-electron chi connectivity index (χ0n) is 19.5. The predicted octanol–water partition coefficient (Wildman–Crippen LogP) is 2.19. The van der Waals surface area contributed by atoms with Gasteiger partial charge in [0.1, 0.15) is 11.5 Å². The second kappa shape index (κ2) is 9.54. The number of ketones is 1. The summed E-state index contributed by atoms with van der Waals surface area (Å²) in [5.41, 5.74) is 1.59. The molecule has 0 aliphatic carbocycles. The molecule has 0 radical (unpaired) electrons. The number of Topliss-reactive ketones (excluding diaryl/α,β-unsaturated/α-hetero) is 1. The van der Waals surface area contributed by atoms with Crippen LogP contribution in [0.15, 0.2) is 54.4 Å². The Hall–Kier alpha value is -4.27. The summed E-state index contributed by atoms with van der Waals surface area (Å²) in [6.45, 7) is 5.01. The van der Waals surface area contributed by atoms with Crippen molar-refractivity contribution in [3.63, 3.8) is 0 Å². The van der Waals surface area contributed by atoms with Gasteiger partial charge in [-0.25, -0.2) is 14.2 Å². The van der Waals surface area contributed by atoms with Gasteiger partial charge in [0, 0.05) is 22.9 Å². The van der Waals surface area contributed by atoms with Crippen molar-refractivity contribution in [1.29, 1.82) is 0 Å². The number of aromatic nitrogens is 2. The summed E-state index contributed by atoms with van der Waals surface area (Å²) in [5, 5.41) is 13.8. The van der Waals surface area contributed by atoms with Crippen LogP contribution in [-0.4, -0.2) is 34.2 Å². The molecule has 8 nitrogen and oxygen atoms in total. The van der Waals surface area contributed by atoms with E-state index in [0.717, 1.165) is 0 Å². The molecule has 0 saturated carbocycles. The highest BCUT2D eigenvalue weighted by Crippen LogP contribution is 2.40. The van der Waals surface area contributed by atoms with E-state index in [9.17, 15) is 23.9 Å². The number of rotatable bonds is 6. The lowest BCUT2D eigenvalue weighted by Crippen LogP contribution is -2.29. The zero-order chi connectivity index (χ0) is 25.3. The van der Waals surface area contributed by atoms with Gasteiger partial charge in [0.25, 0.3) is 5.91 Å². The standard InChI is InChI=1S/C26H24FN3O5/c1-4-35-26(34)21-14(2)19(15(3)29-21)23(31)20-22(17-8-5-9-18(27)11-17)30(25(33)24(20)32)13-16-7-6-10-28-12-16/h5-12,22,29,31H,4,13H2,1-3H3. The Kier molecular flexibility index (Phi) is 6.50. The van der Waals surface area contributed by atoms with E-state index >= 15 is 0 Å². The third kappa shape index (κ3) is 4.32. The monoisotopic (exact) mass is 477 g/mol. The third-order valence-corrected chi connectivity index (χ3v) is 5.96. The van der Waals surface area contributed by atoms with Gasteiger partial charge in [-0.05, 0) is 55.7 Å². The van der Waals surface area contributed by atoms with E-state index in [1.807, 2.05) is 0 Å². The van der Waals surface area contributed by atoms with E-state index in [1.165, 1.54) is 23.1 Å². The molecule has 1 amide bonds. The van der Waals surface area contributed by atoms with Gasteiger partial charge in [0.2, 0.25) is 5.78 Å². The van der Waals surface area contributed by atoms with Crippen molar-refractivity contribution in [2.24, 2.45) is 0 Å². The van der Waals surface area contributed by atoms with Crippen molar-refractivity contribution in [2.45, 2.75) is 33.4 Å². The smallest absolute Gasteiger partial charge is 0.355 e. The maximum Gasteiger partial charge on any atom is 0.355 e. The fourth-order valence-corrected chi connectivity index (χ4v) is 4.41. The number of esters is 1. The maximum absolute atomic E-state index is 14.2. The molecular weight excluding hydrogens is 453 g/mol. The number of aromatic amines is 2. The van der Waals surface area contributed by atoms with Crippen molar-refractivity contribution in [1.82, 2.24) is 9.88 Å². The number of carbonyl (C=O) groups excluding carboxylic acids is 3. The quantitative estimate of drug-likeness (QED) is 0.253. The number of carbonyl (C=O) groups is 3. The van der Waals surface area contributed by atoms with Gasteiger partial charge >= 0.3 is 5.97 Å². The molecule has 1 aliphatic heterocycles. The van der Waals surface area contributed by atoms with Gasteiger partial charge < -0.3 is 19.7 Å².